The smallest absolute Gasteiger partial charge is 0.246 e. The Balaban J connectivity index is 1.43. The van der Waals surface area contributed by atoms with Gasteiger partial charge in [-0.15, -0.1) is 0 Å². The fraction of sp³-hybridized carbons (Fsp3) is 0.250. The summed E-state index contributed by atoms with van der Waals surface area (Å²) in [7, 11) is 0. The number of amides is 1. The Morgan fingerprint density at radius 3 is 3.00 bits per heavy atom. The molecule has 0 spiro atoms. The van der Waals surface area contributed by atoms with Crippen LogP contribution >= 0.6 is 11.6 Å². The van der Waals surface area contributed by atoms with E-state index in [2.05, 4.69) is 35.1 Å². The molecule has 0 saturated heterocycles. The summed E-state index contributed by atoms with van der Waals surface area (Å²) < 4.78 is 0. The third-order valence-corrected chi connectivity index (χ3v) is 5.57. The molecule has 4 rings (SSSR count). The van der Waals surface area contributed by atoms with Crippen LogP contribution in [0.15, 0.2) is 61.0 Å². The van der Waals surface area contributed by atoms with Gasteiger partial charge < -0.3 is 10.2 Å². The van der Waals surface area contributed by atoms with Gasteiger partial charge in [0, 0.05) is 36.1 Å². The first-order chi connectivity index (χ1) is 14.1. The van der Waals surface area contributed by atoms with Crippen molar-refractivity contribution in [2.75, 3.05) is 18.4 Å². The van der Waals surface area contributed by atoms with Crippen molar-refractivity contribution in [1.29, 1.82) is 0 Å². The number of aromatic nitrogens is 1. The van der Waals surface area contributed by atoms with Crippen molar-refractivity contribution in [3.05, 3.63) is 82.7 Å². The molecule has 0 saturated carbocycles. The quantitative estimate of drug-likeness (QED) is 0.702. The van der Waals surface area contributed by atoms with Crippen LogP contribution in [0.4, 0.5) is 5.82 Å². The highest BCUT2D eigenvalue weighted by Gasteiger charge is 2.15. The minimum Gasteiger partial charge on any atom is -0.344 e. The molecule has 0 atom stereocenters. The van der Waals surface area contributed by atoms with Gasteiger partial charge in [-0.25, -0.2) is 4.98 Å². The molecule has 5 heteroatoms. The van der Waals surface area contributed by atoms with Crippen LogP contribution in [0.1, 0.15) is 36.0 Å². The Kier molecular flexibility index (Phi) is 5.81. The van der Waals surface area contributed by atoms with Crippen LogP contribution in [0.2, 0.25) is 5.02 Å². The fourth-order valence-electron chi connectivity index (χ4n) is 3.74. The molecule has 1 N–H and O–H groups in total. The lowest BCUT2D eigenvalue weighted by Gasteiger charge is -2.19. The molecule has 0 aliphatic carbocycles. The van der Waals surface area contributed by atoms with Crippen molar-refractivity contribution in [1.82, 2.24) is 9.88 Å². The average Bonchev–Trinajstić information content (AvgIpc) is 2.98. The van der Waals surface area contributed by atoms with Crippen molar-refractivity contribution in [2.45, 2.75) is 25.7 Å². The highest BCUT2D eigenvalue weighted by Crippen LogP contribution is 2.26. The number of halogens is 1. The topological polar surface area (TPSA) is 45.2 Å². The van der Waals surface area contributed by atoms with Crippen molar-refractivity contribution in [3.63, 3.8) is 0 Å². The molecule has 3 heterocycles. The fourth-order valence-corrected chi connectivity index (χ4v) is 3.93. The normalized spacial score (nSPS) is 16.8. The maximum Gasteiger partial charge on any atom is 0.246 e. The van der Waals surface area contributed by atoms with Gasteiger partial charge in [-0.05, 0) is 72.2 Å². The zero-order valence-corrected chi connectivity index (χ0v) is 17.1. The van der Waals surface area contributed by atoms with Crippen molar-refractivity contribution in [2.24, 2.45) is 0 Å². The van der Waals surface area contributed by atoms with Gasteiger partial charge in [0.25, 0.3) is 0 Å². The van der Waals surface area contributed by atoms with Crippen LogP contribution in [-0.4, -0.2) is 28.9 Å². The standard InChI is InChI=1S/C24H24ClN3O/c1-17-7-9-21-14-18(16-26-24(21)27-17)8-10-23(29)28-12-3-5-19(11-13-28)20-4-2-6-22(25)15-20/h2,4,6,8,10-11,14-16H,1,3,5,7,9,12-13H2,(H,26,27)/b10-8+. The molecule has 1 aromatic carbocycles. The van der Waals surface area contributed by atoms with Crippen molar-refractivity contribution >= 4 is 35.0 Å². The zero-order valence-electron chi connectivity index (χ0n) is 16.3. The molecule has 2 aliphatic rings. The third-order valence-electron chi connectivity index (χ3n) is 5.34. The van der Waals surface area contributed by atoms with Crippen LogP contribution in [-0.2, 0) is 11.2 Å². The van der Waals surface area contributed by atoms with Gasteiger partial charge in [0.15, 0.2) is 0 Å². The number of benzene rings is 1. The van der Waals surface area contributed by atoms with E-state index in [9.17, 15) is 4.79 Å². The van der Waals surface area contributed by atoms with Gasteiger partial charge in [0.2, 0.25) is 5.91 Å². The Morgan fingerprint density at radius 2 is 2.14 bits per heavy atom. The molecule has 1 aromatic heterocycles. The van der Waals surface area contributed by atoms with E-state index in [0.29, 0.717) is 6.54 Å². The number of hydrogen-bond acceptors (Lipinski definition) is 3. The van der Waals surface area contributed by atoms with Crippen molar-refractivity contribution in [3.8, 4) is 0 Å². The van der Waals surface area contributed by atoms with E-state index < -0.39 is 0 Å². The highest BCUT2D eigenvalue weighted by atomic mass is 35.5. The van der Waals surface area contributed by atoms with Gasteiger partial charge in [0.1, 0.15) is 5.82 Å². The molecule has 0 bridgehead atoms. The SMILES string of the molecule is C=C1CCc2cc(/C=C/C(=O)N3CC=C(c4cccc(Cl)c4)CCC3)cnc2N1. The number of nitrogens with zero attached hydrogens (tertiary/aromatic N) is 2. The number of carbonyl (C=O) groups is 1. The number of fused-ring (bicyclic) bond motifs is 1. The molecule has 0 unspecified atom stereocenters. The molecule has 29 heavy (non-hydrogen) atoms. The Hall–Kier alpha value is -2.85. The Morgan fingerprint density at radius 1 is 1.24 bits per heavy atom. The summed E-state index contributed by atoms with van der Waals surface area (Å²) in [4.78, 5) is 19.0. The minimum atomic E-state index is 0.0258. The van der Waals surface area contributed by atoms with E-state index in [4.69, 9.17) is 11.6 Å². The summed E-state index contributed by atoms with van der Waals surface area (Å²) in [5, 5.41) is 3.95. The van der Waals surface area contributed by atoms with Crippen LogP contribution < -0.4 is 5.32 Å². The predicted octanol–water partition coefficient (Wildman–Crippen LogP) is 5.33. The van der Waals surface area contributed by atoms with E-state index >= 15 is 0 Å². The Bertz CT molecular complexity index is 1010. The summed E-state index contributed by atoms with van der Waals surface area (Å²) in [6, 6.07) is 9.99. The first-order valence-electron chi connectivity index (χ1n) is 9.94. The number of aryl methyl sites for hydroxylation is 1. The number of hydrogen-bond donors (Lipinski definition) is 1. The molecule has 148 valence electrons. The lowest BCUT2D eigenvalue weighted by Crippen LogP contribution is -2.29. The van der Waals surface area contributed by atoms with Crippen LogP contribution in [0.25, 0.3) is 11.6 Å². The second-order valence-corrected chi connectivity index (χ2v) is 7.90. The molecule has 0 radical (unpaired) electrons. The minimum absolute atomic E-state index is 0.0258. The molecule has 1 amide bonds. The molecule has 0 fully saturated rings. The van der Waals surface area contributed by atoms with E-state index in [1.165, 1.54) is 5.57 Å². The number of allylic oxidation sites excluding steroid dienone is 2. The first kappa shape index (κ1) is 19.5. The van der Waals surface area contributed by atoms with Crippen LogP contribution in [0.5, 0.6) is 0 Å². The van der Waals surface area contributed by atoms with Gasteiger partial charge in [-0.3, -0.25) is 4.79 Å². The zero-order chi connectivity index (χ0) is 20.2. The van der Waals surface area contributed by atoms with Gasteiger partial charge >= 0.3 is 0 Å². The van der Waals surface area contributed by atoms with E-state index in [0.717, 1.165) is 65.5 Å². The van der Waals surface area contributed by atoms with Gasteiger partial charge in [-0.1, -0.05) is 36.4 Å². The van der Waals surface area contributed by atoms with E-state index in [1.807, 2.05) is 29.2 Å². The van der Waals surface area contributed by atoms with E-state index in [-0.39, 0.29) is 5.91 Å². The Labute approximate surface area is 176 Å². The number of rotatable bonds is 3. The lowest BCUT2D eigenvalue weighted by molar-refractivity contribution is -0.125. The molecular formula is C24H24ClN3O. The number of nitrogens with one attached hydrogen (secondary N) is 1. The number of pyridine rings is 1. The summed E-state index contributed by atoms with van der Waals surface area (Å²) in [5.74, 6) is 0.897. The second kappa shape index (κ2) is 8.66. The van der Waals surface area contributed by atoms with Crippen LogP contribution in [0, 0.1) is 0 Å². The molecular weight excluding hydrogens is 382 g/mol. The monoisotopic (exact) mass is 405 g/mol. The maximum atomic E-state index is 12.7. The van der Waals surface area contributed by atoms with Crippen molar-refractivity contribution < 1.29 is 4.79 Å². The summed E-state index contributed by atoms with van der Waals surface area (Å²) in [6.45, 7) is 5.32. The predicted molar refractivity (Wildman–Crippen MR) is 120 cm³/mol. The first-order valence-corrected chi connectivity index (χ1v) is 10.3. The molecule has 2 aliphatic heterocycles. The highest BCUT2D eigenvalue weighted by molar-refractivity contribution is 6.30. The average molecular weight is 406 g/mol. The van der Waals surface area contributed by atoms with E-state index in [1.54, 1.807) is 12.3 Å². The van der Waals surface area contributed by atoms with Crippen LogP contribution in [0.3, 0.4) is 0 Å². The summed E-state index contributed by atoms with van der Waals surface area (Å²) >= 11 is 6.12. The molecule has 4 nitrogen and oxygen atoms in total. The third kappa shape index (κ3) is 4.77. The number of carbonyl (C=O) groups excluding carboxylic acids is 1. The summed E-state index contributed by atoms with van der Waals surface area (Å²) in [5.41, 5.74) is 5.49. The number of anilines is 1. The van der Waals surface area contributed by atoms with Gasteiger partial charge in [0.05, 0.1) is 0 Å². The largest absolute Gasteiger partial charge is 0.344 e. The summed E-state index contributed by atoms with van der Waals surface area (Å²) in [6.07, 6.45) is 11.1. The molecule has 2 aromatic rings. The second-order valence-electron chi connectivity index (χ2n) is 7.47. The lowest BCUT2D eigenvalue weighted by atomic mass is 10.0. The van der Waals surface area contributed by atoms with Gasteiger partial charge in [-0.2, -0.15) is 0 Å². The maximum absolute atomic E-state index is 12.7.